The van der Waals surface area contributed by atoms with Gasteiger partial charge in [-0.1, -0.05) is 54.0 Å². The molecule has 4 atom stereocenters. The lowest BCUT2D eigenvalue weighted by molar-refractivity contribution is -0.139. The predicted octanol–water partition coefficient (Wildman–Crippen LogP) is 4.84. The number of esters is 1. The van der Waals surface area contributed by atoms with Gasteiger partial charge in [0.1, 0.15) is 0 Å². The van der Waals surface area contributed by atoms with Gasteiger partial charge in [-0.05, 0) is 37.0 Å². The van der Waals surface area contributed by atoms with Crippen LogP contribution in [0.5, 0.6) is 0 Å². The van der Waals surface area contributed by atoms with Crippen LogP contribution in [0.15, 0.2) is 12.2 Å². The molecule has 4 unspecified atom stereocenters. The largest absolute Gasteiger partial charge is 0.462 e. The number of hydrogen-bond donors (Lipinski definition) is 0. The van der Waals surface area contributed by atoms with Gasteiger partial charge in [-0.15, -0.1) is 0 Å². The third-order valence-electron chi connectivity index (χ3n) is 4.71. The van der Waals surface area contributed by atoms with Gasteiger partial charge in [0.05, 0.1) is 6.61 Å². The topological polar surface area (TPSA) is 26.3 Å². The van der Waals surface area contributed by atoms with Crippen LogP contribution >= 0.6 is 0 Å². The average Bonchev–Trinajstić information content (AvgIpc) is 2.40. The van der Waals surface area contributed by atoms with Gasteiger partial charge in [-0.2, -0.15) is 0 Å². The Kier molecular flexibility index (Phi) is 8.79. The fourth-order valence-electron chi connectivity index (χ4n) is 2.58. The summed E-state index contributed by atoms with van der Waals surface area (Å²) in [7, 11) is 0. The van der Waals surface area contributed by atoms with Gasteiger partial charge in [0, 0.05) is 5.57 Å². The molecule has 2 nitrogen and oxygen atoms in total. The van der Waals surface area contributed by atoms with E-state index < -0.39 is 0 Å². The van der Waals surface area contributed by atoms with E-state index in [4.69, 9.17) is 4.74 Å². The van der Waals surface area contributed by atoms with Gasteiger partial charge < -0.3 is 4.74 Å². The smallest absolute Gasteiger partial charge is 0.333 e. The van der Waals surface area contributed by atoms with Gasteiger partial charge >= 0.3 is 5.97 Å². The molecule has 0 spiro atoms. The van der Waals surface area contributed by atoms with Gasteiger partial charge in [0.15, 0.2) is 0 Å². The van der Waals surface area contributed by atoms with E-state index in [2.05, 4.69) is 41.2 Å². The average molecular weight is 268 g/mol. The summed E-state index contributed by atoms with van der Waals surface area (Å²) in [4.78, 5) is 11.3. The van der Waals surface area contributed by atoms with Crippen molar-refractivity contribution < 1.29 is 9.53 Å². The maximum absolute atomic E-state index is 11.3. The number of ether oxygens (including phenoxy) is 1. The number of hydrogen-bond acceptors (Lipinski definition) is 2. The number of carbonyl (C=O) groups is 1. The third kappa shape index (κ3) is 6.26. The molecule has 0 aromatic rings. The fraction of sp³-hybridized carbons (Fsp3) is 0.824. The highest BCUT2D eigenvalue weighted by atomic mass is 16.5. The summed E-state index contributed by atoms with van der Waals surface area (Å²) < 4.78 is 5.21. The lowest BCUT2D eigenvalue weighted by Crippen LogP contribution is -2.24. The molecule has 0 aliphatic heterocycles. The third-order valence-corrected chi connectivity index (χ3v) is 4.71. The van der Waals surface area contributed by atoms with Crippen LogP contribution in [0.3, 0.4) is 0 Å². The Morgan fingerprint density at radius 2 is 1.68 bits per heavy atom. The van der Waals surface area contributed by atoms with Gasteiger partial charge in [0.2, 0.25) is 0 Å². The van der Waals surface area contributed by atoms with Crippen LogP contribution in [0.25, 0.3) is 0 Å². The van der Waals surface area contributed by atoms with E-state index in [0.29, 0.717) is 29.9 Å². The molecule has 0 radical (unpaired) electrons. The van der Waals surface area contributed by atoms with Crippen LogP contribution in [-0.2, 0) is 9.53 Å². The maximum Gasteiger partial charge on any atom is 0.333 e. The van der Waals surface area contributed by atoms with E-state index in [1.54, 1.807) is 6.92 Å². The first-order valence-electron chi connectivity index (χ1n) is 7.67. The predicted molar refractivity (Wildman–Crippen MR) is 82.0 cm³/mol. The molecule has 0 aromatic carbocycles. The molecular formula is C17H32O2. The zero-order chi connectivity index (χ0) is 15.0. The van der Waals surface area contributed by atoms with Gasteiger partial charge in [-0.3, -0.25) is 0 Å². The molecule has 0 heterocycles. The van der Waals surface area contributed by atoms with E-state index in [9.17, 15) is 4.79 Å². The van der Waals surface area contributed by atoms with E-state index >= 15 is 0 Å². The molecule has 19 heavy (non-hydrogen) atoms. The first-order valence-corrected chi connectivity index (χ1v) is 7.67. The zero-order valence-electron chi connectivity index (χ0n) is 13.7. The molecule has 2 heteroatoms. The first-order chi connectivity index (χ1) is 8.84. The minimum absolute atomic E-state index is 0.266. The Labute approximate surface area is 119 Å². The van der Waals surface area contributed by atoms with E-state index in [1.165, 1.54) is 6.42 Å². The molecule has 112 valence electrons. The maximum atomic E-state index is 11.3. The Hall–Kier alpha value is -0.790. The Morgan fingerprint density at radius 3 is 2.11 bits per heavy atom. The molecule has 0 bridgehead atoms. The summed E-state index contributed by atoms with van der Waals surface area (Å²) in [5, 5.41) is 0. The molecule has 0 N–H and O–H groups in total. The number of carbonyl (C=O) groups excluding carboxylic acids is 1. The van der Waals surface area contributed by atoms with Crippen molar-refractivity contribution in [2.45, 2.75) is 60.8 Å². The fourth-order valence-corrected chi connectivity index (χ4v) is 2.58. The van der Waals surface area contributed by atoms with Crippen molar-refractivity contribution >= 4 is 5.97 Å². The van der Waals surface area contributed by atoms with Crippen molar-refractivity contribution in [1.82, 2.24) is 0 Å². The monoisotopic (exact) mass is 268 g/mol. The summed E-state index contributed by atoms with van der Waals surface area (Å²) in [5.74, 6) is 2.50. The van der Waals surface area contributed by atoms with Crippen LogP contribution in [0, 0.1) is 23.7 Å². The second-order valence-electron chi connectivity index (χ2n) is 5.98. The second kappa shape index (κ2) is 9.17. The minimum atomic E-state index is -0.266. The molecule has 0 aliphatic rings. The second-order valence-corrected chi connectivity index (χ2v) is 5.98. The highest BCUT2D eigenvalue weighted by Crippen LogP contribution is 2.32. The van der Waals surface area contributed by atoms with Crippen LogP contribution < -0.4 is 0 Å². The van der Waals surface area contributed by atoms with Gasteiger partial charge in [0.25, 0.3) is 0 Å². The standard InChI is InChI=1S/C17H32O2/c1-8-13(5)14(6)15(7)16(9-2)10-11-19-17(18)12(3)4/h13-16H,3,8-11H2,1-2,4-7H3. The molecule has 0 amide bonds. The summed E-state index contributed by atoms with van der Waals surface area (Å²) in [5.41, 5.74) is 0.481. The van der Waals surface area contributed by atoms with E-state index in [0.717, 1.165) is 18.8 Å². The minimum Gasteiger partial charge on any atom is -0.462 e. The van der Waals surface area contributed by atoms with E-state index in [-0.39, 0.29) is 5.97 Å². The summed E-state index contributed by atoms with van der Waals surface area (Å²) in [6.45, 7) is 17.3. The van der Waals surface area contributed by atoms with Crippen LogP contribution in [0.1, 0.15) is 60.8 Å². The Balaban J connectivity index is 4.26. The normalized spacial score (nSPS) is 17.4. The van der Waals surface area contributed by atoms with Crippen molar-refractivity contribution in [3.63, 3.8) is 0 Å². The molecule has 0 aliphatic carbocycles. The Morgan fingerprint density at radius 1 is 1.11 bits per heavy atom. The lowest BCUT2D eigenvalue weighted by atomic mass is 9.75. The van der Waals surface area contributed by atoms with Crippen molar-refractivity contribution in [2.24, 2.45) is 23.7 Å². The van der Waals surface area contributed by atoms with Crippen molar-refractivity contribution in [1.29, 1.82) is 0 Å². The van der Waals surface area contributed by atoms with Crippen LogP contribution in [-0.4, -0.2) is 12.6 Å². The zero-order valence-corrected chi connectivity index (χ0v) is 13.7. The molecule has 0 aromatic heterocycles. The molecular weight excluding hydrogens is 236 g/mol. The highest BCUT2D eigenvalue weighted by Gasteiger charge is 2.24. The van der Waals surface area contributed by atoms with Crippen molar-refractivity contribution in [3.8, 4) is 0 Å². The molecule has 0 saturated carbocycles. The Bertz CT molecular complexity index is 283. The molecule has 0 saturated heterocycles. The van der Waals surface area contributed by atoms with Crippen molar-refractivity contribution in [3.05, 3.63) is 12.2 Å². The first kappa shape index (κ1) is 18.2. The molecule has 0 rings (SSSR count). The van der Waals surface area contributed by atoms with Gasteiger partial charge in [-0.25, -0.2) is 4.79 Å². The molecule has 0 fully saturated rings. The lowest BCUT2D eigenvalue weighted by Gasteiger charge is -2.31. The number of rotatable bonds is 9. The van der Waals surface area contributed by atoms with E-state index in [1.807, 2.05) is 0 Å². The summed E-state index contributed by atoms with van der Waals surface area (Å²) in [6.07, 6.45) is 3.33. The highest BCUT2D eigenvalue weighted by molar-refractivity contribution is 5.86. The van der Waals surface area contributed by atoms with Crippen molar-refractivity contribution in [2.75, 3.05) is 6.61 Å². The summed E-state index contributed by atoms with van der Waals surface area (Å²) >= 11 is 0. The van der Waals surface area contributed by atoms with Crippen LogP contribution in [0.4, 0.5) is 0 Å². The SMILES string of the molecule is C=C(C)C(=O)OCCC(CC)C(C)C(C)C(C)CC. The quantitative estimate of drug-likeness (QED) is 0.442. The van der Waals surface area contributed by atoms with Crippen LogP contribution in [0.2, 0.25) is 0 Å². The summed E-state index contributed by atoms with van der Waals surface area (Å²) in [6, 6.07) is 0.